The maximum absolute atomic E-state index is 5.24. The molecule has 0 saturated carbocycles. The third-order valence-electron chi connectivity index (χ3n) is 4.83. The molecule has 4 aromatic rings. The Morgan fingerprint density at radius 2 is 1.80 bits per heavy atom. The molecule has 2 aromatic heterocycles. The smallest absolute Gasteiger partial charge is 0.191 e. The van der Waals surface area contributed by atoms with Crippen LogP contribution in [0.3, 0.4) is 0 Å². The van der Waals surface area contributed by atoms with E-state index in [0.29, 0.717) is 0 Å². The SMILES string of the molecule is CCn1c(Cc2ccc(OC)cc2)nnc1SCc1csc(-c2ccc(C)cc2)n1. The van der Waals surface area contributed by atoms with Crippen molar-refractivity contribution in [2.24, 2.45) is 0 Å². The lowest BCUT2D eigenvalue weighted by Gasteiger charge is -2.07. The van der Waals surface area contributed by atoms with Crippen LogP contribution in [0.15, 0.2) is 59.1 Å². The van der Waals surface area contributed by atoms with E-state index in [0.717, 1.165) is 46.2 Å². The van der Waals surface area contributed by atoms with E-state index in [-0.39, 0.29) is 0 Å². The highest BCUT2D eigenvalue weighted by molar-refractivity contribution is 7.98. The van der Waals surface area contributed by atoms with Crippen LogP contribution in [-0.2, 0) is 18.7 Å². The fraction of sp³-hybridized carbons (Fsp3) is 0.261. The molecule has 0 N–H and O–H groups in total. The molecule has 0 radical (unpaired) electrons. The van der Waals surface area contributed by atoms with Crippen LogP contribution in [0.5, 0.6) is 5.75 Å². The molecule has 0 spiro atoms. The molecule has 4 rings (SSSR count). The number of nitrogens with zero attached hydrogens (tertiary/aromatic N) is 4. The van der Waals surface area contributed by atoms with Gasteiger partial charge < -0.3 is 9.30 Å². The van der Waals surface area contributed by atoms with Gasteiger partial charge in [0.15, 0.2) is 5.16 Å². The van der Waals surface area contributed by atoms with Gasteiger partial charge in [-0.3, -0.25) is 0 Å². The summed E-state index contributed by atoms with van der Waals surface area (Å²) >= 11 is 3.37. The molecule has 0 unspecified atom stereocenters. The topological polar surface area (TPSA) is 52.8 Å². The largest absolute Gasteiger partial charge is 0.497 e. The van der Waals surface area contributed by atoms with Crippen molar-refractivity contribution in [3.05, 3.63) is 76.6 Å². The minimum atomic E-state index is 0.750. The second-order valence-electron chi connectivity index (χ2n) is 6.97. The molecule has 0 saturated heterocycles. The molecule has 0 aliphatic heterocycles. The second-order valence-corrected chi connectivity index (χ2v) is 8.77. The molecule has 2 heterocycles. The van der Waals surface area contributed by atoms with Crippen molar-refractivity contribution < 1.29 is 4.74 Å². The molecule has 0 aliphatic carbocycles. The number of hydrogen-bond donors (Lipinski definition) is 0. The second kappa shape index (κ2) is 9.45. The number of aryl methyl sites for hydroxylation is 1. The molecule has 0 bridgehead atoms. The predicted octanol–water partition coefficient (Wildman–Crippen LogP) is 5.62. The Bertz CT molecular complexity index is 1100. The summed E-state index contributed by atoms with van der Waals surface area (Å²) in [5.41, 5.74) is 4.69. The molecule has 0 fully saturated rings. The van der Waals surface area contributed by atoms with Crippen LogP contribution in [-0.4, -0.2) is 26.9 Å². The van der Waals surface area contributed by atoms with Crippen molar-refractivity contribution in [2.45, 2.75) is 37.7 Å². The van der Waals surface area contributed by atoms with Crippen molar-refractivity contribution in [3.8, 4) is 16.3 Å². The molecule has 30 heavy (non-hydrogen) atoms. The number of thioether (sulfide) groups is 1. The van der Waals surface area contributed by atoms with Gasteiger partial charge in [-0.15, -0.1) is 21.5 Å². The molecule has 154 valence electrons. The number of methoxy groups -OCH3 is 1. The summed E-state index contributed by atoms with van der Waals surface area (Å²) in [6, 6.07) is 16.6. The lowest BCUT2D eigenvalue weighted by atomic mass is 10.1. The first kappa shape index (κ1) is 20.6. The van der Waals surface area contributed by atoms with Gasteiger partial charge in [0.25, 0.3) is 0 Å². The normalized spacial score (nSPS) is 11.0. The molecule has 7 heteroatoms. The Kier molecular flexibility index (Phi) is 6.50. The number of rotatable bonds is 8. The van der Waals surface area contributed by atoms with Gasteiger partial charge in [0.2, 0.25) is 0 Å². The highest BCUT2D eigenvalue weighted by atomic mass is 32.2. The Morgan fingerprint density at radius 1 is 1.03 bits per heavy atom. The van der Waals surface area contributed by atoms with E-state index in [1.807, 2.05) is 12.1 Å². The van der Waals surface area contributed by atoms with Gasteiger partial charge in [0.05, 0.1) is 12.8 Å². The van der Waals surface area contributed by atoms with Gasteiger partial charge in [-0.1, -0.05) is 53.7 Å². The maximum Gasteiger partial charge on any atom is 0.191 e. The first-order chi connectivity index (χ1) is 14.7. The summed E-state index contributed by atoms with van der Waals surface area (Å²) in [4.78, 5) is 4.80. The molecule has 5 nitrogen and oxygen atoms in total. The van der Waals surface area contributed by atoms with E-state index >= 15 is 0 Å². The van der Waals surface area contributed by atoms with Crippen molar-refractivity contribution in [1.82, 2.24) is 19.7 Å². The van der Waals surface area contributed by atoms with E-state index in [1.54, 1.807) is 30.2 Å². The number of aromatic nitrogens is 4. The van der Waals surface area contributed by atoms with Gasteiger partial charge in [-0.25, -0.2) is 4.98 Å². The van der Waals surface area contributed by atoms with Crippen molar-refractivity contribution in [2.75, 3.05) is 7.11 Å². The summed E-state index contributed by atoms with van der Waals surface area (Å²) in [6.07, 6.45) is 0.750. The first-order valence-corrected chi connectivity index (χ1v) is 11.7. The molecule has 0 aliphatic rings. The maximum atomic E-state index is 5.24. The van der Waals surface area contributed by atoms with Gasteiger partial charge in [-0.2, -0.15) is 0 Å². The van der Waals surface area contributed by atoms with Crippen LogP contribution in [0.2, 0.25) is 0 Å². The number of ether oxygens (including phenoxy) is 1. The zero-order valence-electron chi connectivity index (χ0n) is 17.3. The lowest BCUT2D eigenvalue weighted by Crippen LogP contribution is -2.04. The summed E-state index contributed by atoms with van der Waals surface area (Å²) < 4.78 is 7.42. The first-order valence-electron chi connectivity index (χ1n) is 9.85. The minimum absolute atomic E-state index is 0.750. The Balaban J connectivity index is 1.43. The molecule has 2 aromatic carbocycles. The summed E-state index contributed by atoms with van der Waals surface area (Å²) in [6.45, 7) is 5.07. The Hall–Kier alpha value is -2.64. The van der Waals surface area contributed by atoms with Crippen LogP contribution < -0.4 is 4.74 Å². The van der Waals surface area contributed by atoms with Gasteiger partial charge >= 0.3 is 0 Å². The average molecular weight is 437 g/mol. The zero-order valence-corrected chi connectivity index (χ0v) is 19.0. The minimum Gasteiger partial charge on any atom is -0.497 e. The summed E-state index contributed by atoms with van der Waals surface area (Å²) in [7, 11) is 1.68. The fourth-order valence-electron chi connectivity index (χ4n) is 3.14. The standard InChI is InChI=1S/C23H24N4OS2/c1-4-27-21(13-17-7-11-20(28-3)12-8-17)25-26-23(27)30-15-19-14-29-22(24-19)18-9-5-16(2)6-10-18/h5-12,14H,4,13,15H2,1-3H3. The quantitative estimate of drug-likeness (QED) is 0.336. The number of thiazole rings is 1. The highest BCUT2D eigenvalue weighted by Crippen LogP contribution is 2.28. The molecule has 0 amide bonds. The average Bonchev–Trinajstić information content (AvgIpc) is 3.40. The van der Waals surface area contributed by atoms with Gasteiger partial charge in [-0.05, 0) is 31.5 Å². The zero-order chi connectivity index (χ0) is 20.9. The molecular formula is C23H24N4OS2. The highest BCUT2D eigenvalue weighted by Gasteiger charge is 2.13. The van der Waals surface area contributed by atoms with E-state index in [1.165, 1.54) is 16.7 Å². The van der Waals surface area contributed by atoms with E-state index < -0.39 is 0 Å². The number of benzene rings is 2. The van der Waals surface area contributed by atoms with Gasteiger partial charge in [0.1, 0.15) is 16.6 Å². The third-order valence-corrected chi connectivity index (χ3v) is 6.77. The third kappa shape index (κ3) is 4.74. The van der Waals surface area contributed by atoms with Crippen LogP contribution >= 0.6 is 23.1 Å². The fourth-order valence-corrected chi connectivity index (χ4v) is 4.99. The van der Waals surface area contributed by atoms with E-state index in [2.05, 4.69) is 70.4 Å². The Labute approximate surface area is 185 Å². The lowest BCUT2D eigenvalue weighted by molar-refractivity contribution is 0.414. The van der Waals surface area contributed by atoms with Crippen LogP contribution in [0.4, 0.5) is 0 Å². The van der Waals surface area contributed by atoms with E-state index in [9.17, 15) is 0 Å². The van der Waals surface area contributed by atoms with Crippen LogP contribution in [0.1, 0.15) is 29.6 Å². The predicted molar refractivity (Wildman–Crippen MR) is 123 cm³/mol. The van der Waals surface area contributed by atoms with Crippen molar-refractivity contribution in [1.29, 1.82) is 0 Å². The Morgan fingerprint density at radius 3 is 2.50 bits per heavy atom. The molecular weight excluding hydrogens is 412 g/mol. The summed E-state index contributed by atoms with van der Waals surface area (Å²) in [5.74, 6) is 2.62. The van der Waals surface area contributed by atoms with Crippen LogP contribution in [0.25, 0.3) is 10.6 Å². The van der Waals surface area contributed by atoms with Crippen molar-refractivity contribution in [3.63, 3.8) is 0 Å². The summed E-state index contributed by atoms with van der Waals surface area (Å²) in [5, 5.41) is 13.0. The monoisotopic (exact) mass is 436 g/mol. The molecule has 0 atom stereocenters. The van der Waals surface area contributed by atoms with Gasteiger partial charge in [0, 0.05) is 29.7 Å². The van der Waals surface area contributed by atoms with Crippen LogP contribution in [0, 0.1) is 6.92 Å². The van der Waals surface area contributed by atoms with E-state index in [4.69, 9.17) is 9.72 Å². The van der Waals surface area contributed by atoms with Crippen molar-refractivity contribution >= 4 is 23.1 Å². The number of hydrogen-bond acceptors (Lipinski definition) is 6.